The van der Waals surface area contributed by atoms with Crippen LogP contribution in [0.15, 0.2) is 41.8 Å². The fraction of sp³-hybridized carbons (Fsp3) is 0.250. The zero-order valence-corrected chi connectivity index (χ0v) is 13.4. The minimum atomic E-state index is -0.442. The first kappa shape index (κ1) is 15.2. The Balaban J connectivity index is 1.62. The van der Waals surface area contributed by atoms with Crippen molar-refractivity contribution in [1.29, 1.82) is 0 Å². The number of rotatable bonds is 5. The van der Waals surface area contributed by atoms with Gasteiger partial charge in [-0.15, -0.1) is 11.3 Å². The van der Waals surface area contributed by atoms with E-state index in [-0.39, 0.29) is 18.2 Å². The van der Waals surface area contributed by atoms with Crippen molar-refractivity contribution in [2.75, 3.05) is 11.4 Å². The summed E-state index contributed by atoms with van der Waals surface area (Å²) >= 11 is 7.53. The average molecular weight is 335 g/mol. The van der Waals surface area contributed by atoms with Crippen molar-refractivity contribution in [1.82, 2.24) is 5.32 Å². The number of carbonyl (C=O) groups is 2. The van der Waals surface area contributed by atoms with Gasteiger partial charge in [0, 0.05) is 16.4 Å². The lowest BCUT2D eigenvalue weighted by atomic mass is 10.2. The van der Waals surface area contributed by atoms with Gasteiger partial charge >= 0.3 is 0 Å². The molecule has 0 bridgehead atoms. The fourth-order valence-corrected chi connectivity index (χ4v) is 3.31. The lowest BCUT2D eigenvalue weighted by molar-refractivity contribution is -0.121. The van der Waals surface area contributed by atoms with Gasteiger partial charge in [0.1, 0.15) is 0 Å². The van der Waals surface area contributed by atoms with Gasteiger partial charge in [0.2, 0.25) is 5.91 Å². The summed E-state index contributed by atoms with van der Waals surface area (Å²) in [7, 11) is 0. The van der Waals surface area contributed by atoms with Gasteiger partial charge in [0.05, 0.1) is 18.2 Å². The Kier molecular flexibility index (Phi) is 4.57. The van der Waals surface area contributed by atoms with Crippen LogP contribution < -0.4 is 10.2 Å². The summed E-state index contributed by atoms with van der Waals surface area (Å²) in [6.45, 7) is 0.679. The number of nitrogens with one attached hydrogen (secondary N) is 1. The van der Waals surface area contributed by atoms with Gasteiger partial charge in [-0.25, -0.2) is 4.90 Å². The molecule has 0 aliphatic carbocycles. The van der Waals surface area contributed by atoms with Crippen molar-refractivity contribution in [3.05, 3.63) is 51.7 Å². The van der Waals surface area contributed by atoms with Crippen LogP contribution in [-0.4, -0.2) is 24.4 Å². The summed E-state index contributed by atoms with van der Waals surface area (Å²) in [5.74, 6) is -0.376. The van der Waals surface area contributed by atoms with Crippen LogP contribution >= 0.6 is 22.9 Å². The number of hydrogen-bond acceptors (Lipinski definition) is 4. The van der Waals surface area contributed by atoms with Crippen molar-refractivity contribution in [3.63, 3.8) is 0 Å². The number of hydrogen-bond donors (Lipinski definition) is 1. The van der Waals surface area contributed by atoms with Crippen molar-refractivity contribution in [3.8, 4) is 0 Å². The molecule has 2 heterocycles. The smallest absolute Gasteiger partial charge is 0.251 e. The van der Waals surface area contributed by atoms with Gasteiger partial charge in [-0.1, -0.05) is 17.7 Å². The predicted molar refractivity (Wildman–Crippen MR) is 88.4 cm³/mol. The molecule has 2 aromatic rings. The molecule has 4 nitrogen and oxygen atoms in total. The molecule has 1 saturated heterocycles. The zero-order chi connectivity index (χ0) is 15.5. The number of imide groups is 1. The Morgan fingerprint density at radius 2 is 2.00 bits per heavy atom. The maximum absolute atomic E-state index is 12.4. The van der Waals surface area contributed by atoms with Crippen LogP contribution in [0.2, 0.25) is 5.02 Å². The monoisotopic (exact) mass is 334 g/mol. The first-order chi connectivity index (χ1) is 10.6. The van der Waals surface area contributed by atoms with Gasteiger partial charge in [0.25, 0.3) is 5.91 Å². The molecule has 1 atom stereocenters. The van der Waals surface area contributed by atoms with E-state index < -0.39 is 6.04 Å². The molecule has 1 aromatic heterocycles. The summed E-state index contributed by atoms with van der Waals surface area (Å²) in [6.07, 6.45) is 1.06. The number of halogens is 1. The molecule has 6 heteroatoms. The molecule has 1 aliphatic heterocycles. The zero-order valence-electron chi connectivity index (χ0n) is 11.8. The summed E-state index contributed by atoms with van der Waals surface area (Å²) < 4.78 is 0. The van der Waals surface area contributed by atoms with Crippen LogP contribution in [0, 0.1) is 0 Å². The maximum atomic E-state index is 12.4. The van der Waals surface area contributed by atoms with E-state index in [1.807, 2.05) is 11.4 Å². The quantitative estimate of drug-likeness (QED) is 0.855. The highest BCUT2D eigenvalue weighted by Crippen LogP contribution is 2.24. The lowest BCUT2D eigenvalue weighted by Gasteiger charge is -2.15. The molecule has 1 aromatic carbocycles. The highest BCUT2D eigenvalue weighted by Gasteiger charge is 2.39. The maximum Gasteiger partial charge on any atom is 0.251 e. The Morgan fingerprint density at radius 3 is 2.68 bits per heavy atom. The topological polar surface area (TPSA) is 49.4 Å². The van der Waals surface area contributed by atoms with Crippen molar-refractivity contribution >= 4 is 40.4 Å². The van der Waals surface area contributed by atoms with Crippen LogP contribution in [0.5, 0.6) is 0 Å². The van der Waals surface area contributed by atoms with Crippen molar-refractivity contribution < 1.29 is 9.59 Å². The summed E-state index contributed by atoms with van der Waals surface area (Å²) in [5, 5.41) is 5.79. The number of nitrogens with zero attached hydrogens (tertiary/aromatic N) is 1. The average Bonchev–Trinajstić information content (AvgIpc) is 3.10. The van der Waals surface area contributed by atoms with E-state index in [4.69, 9.17) is 11.6 Å². The third kappa shape index (κ3) is 3.21. The molecule has 1 unspecified atom stereocenters. The molecule has 1 N–H and O–H groups in total. The second-order valence-corrected chi connectivity index (χ2v) is 6.55. The SMILES string of the molecule is O=C1CC(NCCc2cccs2)C(=O)N1c1ccc(Cl)cc1. The van der Waals surface area contributed by atoms with Crippen LogP contribution in [0.1, 0.15) is 11.3 Å². The van der Waals surface area contributed by atoms with Gasteiger partial charge in [-0.05, 0) is 42.1 Å². The molecule has 22 heavy (non-hydrogen) atoms. The third-order valence-corrected chi connectivity index (χ3v) is 4.76. The van der Waals surface area contributed by atoms with E-state index >= 15 is 0 Å². The molecule has 1 aliphatic rings. The minimum absolute atomic E-state index is 0.180. The van der Waals surface area contributed by atoms with Gasteiger partial charge in [-0.2, -0.15) is 0 Å². The van der Waals surface area contributed by atoms with E-state index in [1.165, 1.54) is 9.78 Å². The molecular formula is C16H15ClN2O2S. The third-order valence-electron chi connectivity index (χ3n) is 3.57. The van der Waals surface area contributed by atoms with Crippen molar-refractivity contribution in [2.45, 2.75) is 18.9 Å². The first-order valence-electron chi connectivity index (χ1n) is 7.03. The first-order valence-corrected chi connectivity index (χ1v) is 8.29. The van der Waals surface area contributed by atoms with Gasteiger partial charge in [0.15, 0.2) is 0 Å². The van der Waals surface area contributed by atoms with E-state index in [0.29, 0.717) is 17.3 Å². The van der Waals surface area contributed by atoms with Crippen LogP contribution in [0.25, 0.3) is 0 Å². The van der Waals surface area contributed by atoms with Gasteiger partial charge in [-0.3, -0.25) is 9.59 Å². The van der Waals surface area contributed by atoms with E-state index in [2.05, 4.69) is 11.4 Å². The standard InChI is InChI=1S/C16H15ClN2O2S/c17-11-3-5-12(6-4-11)19-15(20)10-14(16(19)21)18-8-7-13-2-1-9-22-13/h1-6,9,14,18H,7-8,10H2. The molecule has 1 fully saturated rings. The molecule has 0 spiro atoms. The van der Waals surface area contributed by atoms with Crippen LogP contribution in [-0.2, 0) is 16.0 Å². The molecule has 3 rings (SSSR count). The number of carbonyl (C=O) groups excluding carboxylic acids is 2. The Morgan fingerprint density at radius 1 is 1.23 bits per heavy atom. The second-order valence-electron chi connectivity index (χ2n) is 5.08. The molecule has 0 radical (unpaired) electrons. The van der Waals surface area contributed by atoms with Gasteiger partial charge < -0.3 is 5.32 Å². The lowest BCUT2D eigenvalue weighted by Crippen LogP contribution is -2.39. The summed E-state index contributed by atoms with van der Waals surface area (Å²) in [6, 6.07) is 10.4. The minimum Gasteiger partial charge on any atom is -0.305 e. The van der Waals surface area contributed by atoms with E-state index in [1.54, 1.807) is 35.6 Å². The van der Waals surface area contributed by atoms with E-state index in [9.17, 15) is 9.59 Å². The molecule has 2 amide bonds. The Labute approximate surface area is 137 Å². The number of amides is 2. The second kappa shape index (κ2) is 6.60. The fourth-order valence-electron chi connectivity index (χ4n) is 2.48. The molecule has 0 saturated carbocycles. The normalized spacial score (nSPS) is 18.2. The number of benzene rings is 1. The predicted octanol–water partition coefficient (Wildman–Crippen LogP) is 2.87. The largest absolute Gasteiger partial charge is 0.305 e. The van der Waals surface area contributed by atoms with Crippen LogP contribution in [0.3, 0.4) is 0 Å². The van der Waals surface area contributed by atoms with E-state index in [0.717, 1.165) is 6.42 Å². The highest BCUT2D eigenvalue weighted by atomic mass is 35.5. The van der Waals surface area contributed by atoms with Crippen LogP contribution in [0.4, 0.5) is 5.69 Å². The summed E-state index contributed by atoms with van der Waals surface area (Å²) in [5.41, 5.74) is 0.571. The number of thiophene rings is 1. The van der Waals surface area contributed by atoms with Crippen molar-refractivity contribution in [2.24, 2.45) is 0 Å². The number of anilines is 1. The Bertz CT molecular complexity index is 670. The Hall–Kier alpha value is -1.69. The highest BCUT2D eigenvalue weighted by molar-refractivity contribution is 7.09. The molecule has 114 valence electrons. The summed E-state index contributed by atoms with van der Waals surface area (Å²) in [4.78, 5) is 27.0. The molecular weight excluding hydrogens is 320 g/mol.